The Morgan fingerprint density at radius 3 is 2.65 bits per heavy atom. The number of carbonyl (C=O) groups excluding carboxylic acids is 1. The van der Waals surface area contributed by atoms with Crippen LogP contribution in [0.5, 0.6) is 0 Å². The van der Waals surface area contributed by atoms with Gasteiger partial charge in [-0.25, -0.2) is 9.37 Å². The number of nitrogens with one attached hydrogen (secondary N) is 1. The molecular weight excluding hydrogens is 221 g/mol. The van der Waals surface area contributed by atoms with Gasteiger partial charge in [0.1, 0.15) is 11.5 Å². The van der Waals surface area contributed by atoms with Gasteiger partial charge in [-0.2, -0.15) is 0 Å². The Kier molecular flexibility index (Phi) is 2.55. The van der Waals surface area contributed by atoms with Crippen LogP contribution in [-0.2, 0) is 0 Å². The summed E-state index contributed by atoms with van der Waals surface area (Å²) < 4.78 is 12.7. The predicted molar refractivity (Wildman–Crippen MR) is 59.9 cm³/mol. The molecule has 1 aromatic rings. The summed E-state index contributed by atoms with van der Waals surface area (Å²) in [4.78, 5) is 17.8. The lowest BCUT2D eigenvalue weighted by molar-refractivity contribution is 0.0776. The first-order chi connectivity index (χ1) is 8.24. The largest absolute Gasteiger partial charge is 0.337 e. The van der Waals surface area contributed by atoms with Gasteiger partial charge in [0.05, 0.1) is 6.20 Å². The Balaban J connectivity index is 1.73. The van der Waals surface area contributed by atoms with E-state index in [1.807, 2.05) is 4.90 Å². The molecule has 2 aliphatic heterocycles. The van der Waals surface area contributed by atoms with Crippen molar-refractivity contribution in [3.63, 3.8) is 0 Å². The van der Waals surface area contributed by atoms with E-state index in [0.717, 1.165) is 32.4 Å². The Labute approximate surface area is 98.8 Å². The zero-order chi connectivity index (χ0) is 11.8. The van der Waals surface area contributed by atoms with Crippen LogP contribution in [0.25, 0.3) is 0 Å². The molecule has 3 heterocycles. The number of hydrogen-bond acceptors (Lipinski definition) is 3. The van der Waals surface area contributed by atoms with Gasteiger partial charge in [0.2, 0.25) is 0 Å². The van der Waals surface area contributed by atoms with Crippen LogP contribution in [0.1, 0.15) is 10.5 Å². The number of halogens is 1. The Hall–Kier alpha value is -1.49. The van der Waals surface area contributed by atoms with Crippen molar-refractivity contribution in [2.45, 2.75) is 0 Å². The highest BCUT2D eigenvalue weighted by atomic mass is 19.1. The van der Waals surface area contributed by atoms with Gasteiger partial charge in [-0.3, -0.25) is 4.79 Å². The number of fused-ring (bicyclic) bond motifs is 1. The second kappa shape index (κ2) is 4.07. The van der Waals surface area contributed by atoms with Crippen LogP contribution in [-0.4, -0.2) is 42.0 Å². The minimum absolute atomic E-state index is 0.0839. The summed E-state index contributed by atoms with van der Waals surface area (Å²) in [5, 5.41) is 3.33. The molecule has 17 heavy (non-hydrogen) atoms. The fourth-order valence-electron chi connectivity index (χ4n) is 2.69. The van der Waals surface area contributed by atoms with Crippen LogP contribution >= 0.6 is 0 Å². The molecule has 90 valence electrons. The maximum atomic E-state index is 12.7. The minimum atomic E-state index is -0.413. The van der Waals surface area contributed by atoms with E-state index >= 15 is 0 Å². The summed E-state index contributed by atoms with van der Waals surface area (Å²) in [6.45, 7) is 3.56. The molecule has 2 aliphatic rings. The number of nitrogens with zero attached hydrogens (tertiary/aromatic N) is 2. The van der Waals surface area contributed by atoms with E-state index in [1.165, 1.54) is 12.1 Å². The van der Waals surface area contributed by atoms with Crippen LogP contribution in [0.15, 0.2) is 18.3 Å². The third-order valence-corrected chi connectivity index (χ3v) is 3.62. The van der Waals surface area contributed by atoms with Crippen molar-refractivity contribution in [3.8, 4) is 0 Å². The molecule has 1 amide bonds. The lowest BCUT2D eigenvalue weighted by Crippen LogP contribution is -2.32. The van der Waals surface area contributed by atoms with Crippen molar-refractivity contribution < 1.29 is 9.18 Å². The number of aromatic nitrogens is 1. The van der Waals surface area contributed by atoms with Crippen molar-refractivity contribution in [2.24, 2.45) is 11.8 Å². The van der Waals surface area contributed by atoms with Gasteiger partial charge in [-0.15, -0.1) is 0 Å². The van der Waals surface area contributed by atoms with Gasteiger partial charge in [0, 0.05) is 26.2 Å². The Morgan fingerprint density at radius 1 is 1.35 bits per heavy atom. The molecule has 5 heteroatoms. The SMILES string of the molecule is O=C(c1ccc(F)cn1)N1C[C@H]2CNC[C@H]2C1. The quantitative estimate of drug-likeness (QED) is 0.771. The second-order valence-electron chi connectivity index (χ2n) is 4.75. The summed E-state index contributed by atoms with van der Waals surface area (Å²) in [5.74, 6) is 0.641. The first kappa shape index (κ1) is 10.7. The van der Waals surface area contributed by atoms with E-state index in [-0.39, 0.29) is 5.91 Å². The number of carbonyl (C=O) groups is 1. The van der Waals surface area contributed by atoms with Gasteiger partial charge >= 0.3 is 0 Å². The molecular formula is C12H14FN3O. The maximum absolute atomic E-state index is 12.7. The summed E-state index contributed by atoms with van der Waals surface area (Å²) in [5.41, 5.74) is 0.333. The van der Waals surface area contributed by atoms with Crippen molar-refractivity contribution in [3.05, 3.63) is 29.8 Å². The zero-order valence-electron chi connectivity index (χ0n) is 9.40. The molecule has 0 saturated carbocycles. The van der Waals surface area contributed by atoms with Gasteiger partial charge < -0.3 is 10.2 Å². The molecule has 0 aliphatic carbocycles. The molecule has 0 spiro atoms. The summed E-state index contributed by atoms with van der Waals surface area (Å²) in [6.07, 6.45) is 1.09. The van der Waals surface area contributed by atoms with Crippen LogP contribution < -0.4 is 5.32 Å². The molecule has 1 aromatic heterocycles. The van der Waals surface area contributed by atoms with Crippen molar-refractivity contribution in [1.82, 2.24) is 15.2 Å². The number of likely N-dealkylation sites (tertiary alicyclic amines) is 1. The van der Waals surface area contributed by atoms with Crippen LogP contribution in [0.2, 0.25) is 0 Å². The van der Waals surface area contributed by atoms with Crippen LogP contribution in [0.3, 0.4) is 0 Å². The predicted octanol–water partition coefficient (Wildman–Crippen LogP) is 0.512. The third kappa shape index (κ3) is 1.91. The van der Waals surface area contributed by atoms with Crippen LogP contribution in [0, 0.1) is 17.7 Å². The molecule has 1 N–H and O–H groups in total. The molecule has 2 saturated heterocycles. The summed E-state index contributed by atoms with van der Waals surface area (Å²) in [7, 11) is 0. The van der Waals surface area contributed by atoms with Gasteiger partial charge in [-0.1, -0.05) is 0 Å². The normalized spacial score (nSPS) is 27.2. The molecule has 0 radical (unpaired) electrons. The first-order valence-corrected chi connectivity index (χ1v) is 5.85. The first-order valence-electron chi connectivity index (χ1n) is 5.85. The van der Waals surface area contributed by atoms with Crippen molar-refractivity contribution >= 4 is 5.91 Å². The number of pyridine rings is 1. The van der Waals surface area contributed by atoms with Crippen molar-refractivity contribution in [1.29, 1.82) is 0 Å². The lowest BCUT2D eigenvalue weighted by Gasteiger charge is -2.16. The van der Waals surface area contributed by atoms with E-state index < -0.39 is 5.82 Å². The molecule has 2 fully saturated rings. The third-order valence-electron chi connectivity index (χ3n) is 3.62. The standard InChI is InChI=1S/C12H14FN3O/c13-10-1-2-11(15-5-10)12(17)16-6-8-3-14-4-9(8)7-16/h1-2,5,8-9,14H,3-4,6-7H2/t8-,9+. The van der Waals surface area contributed by atoms with Gasteiger partial charge in [0.25, 0.3) is 5.91 Å². The average molecular weight is 235 g/mol. The highest BCUT2D eigenvalue weighted by Gasteiger charge is 2.38. The number of amides is 1. The fraction of sp³-hybridized carbons (Fsp3) is 0.500. The van der Waals surface area contributed by atoms with Gasteiger partial charge in [-0.05, 0) is 24.0 Å². The van der Waals surface area contributed by atoms with Crippen LogP contribution in [0.4, 0.5) is 4.39 Å². The maximum Gasteiger partial charge on any atom is 0.272 e. The molecule has 3 rings (SSSR count). The summed E-state index contributed by atoms with van der Waals surface area (Å²) in [6, 6.07) is 2.72. The number of hydrogen-bond donors (Lipinski definition) is 1. The smallest absolute Gasteiger partial charge is 0.272 e. The second-order valence-corrected chi connectivity index (χ2v) is 4.75. The molecule has 2 atom stereocenters. The van der Waals surface area contributed by atoms with Gasteiger partial charge in [0.15, 0.2) is 0 Å². The Morgan fingerprint density at radius 2 is 2.06 bits per heavy atom. The monoisotopic (exact) mass is 235 g/mol. The van der Waals surface area contributed by atoms with E-state index in [0.29, 0.717) is 17.5 Å². The summed E-state index contributed by atoms with van der Waals surface area (Å²) >= 11 is 0. The fourth-order valence-corrected chi connectivity index (χ4v) is 2.69. The van der Waals surface area contributed by atoms with E-state index in [2.05, 4.69) is 10.3 Å². The highest BCUT2D eigenvalue weighted by molar-refractivity contribution is 5.92. The molecule has 0 unspecified atom stereocenters. The molecule has 0 aromatic carbocycles. The highest BCUT2D eigenvalue weighted by Crippen LogP contribution is 2.27. The Bertz CT molecular complexity index is 422. The minimum Gasteiger partial charge on any atom is -0.337 e. The lowest BCUT2D eigenvalue weighted by atomic mass is 10.0. The topological polar surface area (TPSA) is 45.2 Å². The zero-order valence-corrected chi connectivity index (χ0v) is 9.40. The van der Waals surface area contributed by atoms with E-state index in [1.54, 1.807) is 0 Å². The molecule has 0 bridgehead atoms. The molecule has 4 nitrogen and oxygen atoms in total. The van der Waals surface area contributed by atoms with Crippen molar-refractivity contribution in [2.75, 3.05) is 26.2 Å². The van der Waals surface area contributed by atoms with E-state index in [4.69, 9.17) is 0 Å². The average Bonchev–Trinajstić information content (AvgIpc) is 2.89. The number of rotatable bonds is 1. The van der Waals surface area contributed by atoms with E-state index in [9.17, 15) is 9.18 Å².